The van der Waals surface area contributed by atoms with Crippen molar-refractivity contribution < 1.29 is 74.7 Å². The zero-order valence-corrected chi connectivity index (χ0v) is 33.1. The van der Waals surface area contributed by atoms with E-state index in [1.807, 2.05) is 32.9 Å². The Balaban J connectivity index is 1.17. The highest BCUT2D eigenvalue weighted by molar-refractivity contribution is 5.22. The van der Waals surface area contributed by atoms with Gasteiger partial charge in [-0.15, -0.1) is 0 Å². The summed E-state index contributed by atoms with van der Waals surface area (Å²) in [6.45, 7) is 9.35. The molecule has 4 saturated carbocycles. The number of aliphatic hydroxyl groups is 10. The van der Waals surface area contributed by atoms with E-state index in [0.717, 1.165) is 0 Å². The number of hydrogen-bond acceptors (Lipinski definition) is 15. The van der Waals surface area contributed by atoms with E-state index < -0.39 is 115 Å². The number of allylic oxidation sites excluding steroid dienone is 1. The van der Waals surface area contributed by atoms with E-state index in [4.69, 9.17) is 23.7 Å². The van der Waals surface area contributed by atoms with Crippen LogP contribution < -0.4 is 0 Å². The molecule has 10 N–H and O–H groups in total. The first-order chi connectivity index (χ1) is 25.8. The Morgan fingerprint density at radius 3 is 2.18 bits per heavy atom. The number of methoxy groups -OCH3 is 1. The molecule has 15 heteroatoms. The van der Waals surface area contributed by atoms with Gasteiger partial charge in [0.25, 0.3) is 0 Å². The second kappa shape index (κ2) is 16.7. The lowest BCUT2D eigenvalue weighted by Crippen LogP contribution is -2.68. The van der Waals surface area contributed by atoms with Crippen LogP contribution in [0, 0.1) is 52.3 Å². The summed E-state index contributed by atoms with van der Waals surface area (Å²) in [5, 5.41) is 110. The van der Waals surface area contributed by atoms with Gasteiger partial charge >= 0.3 is 0 Å². The molecule has 6 fully saturated rings. The van der Waals surface area contributed by atoms with Gasteiger partial charge < -0.3 is 74.7 Å². The van der Waals surface area contributed by atoms with Gasteiger partial charge in [-0.3, -0.25) is 0 Å². The Bertz CT molecular complexity index is 1320. The quantitative estimate of drug-likeness (QED) is 0.111. The van der Waals surface area contributed by atoms with Crippen LogP contribution in [0.15, 0.2) is 12.2 Å². The minimum atomic E-state index is -1.46. The molecule has 6 aliphatic rings. The van der Waals surface area contributed by atoms with Crippen molar-refractivity contribution in [2.45, 2.75) is 158 Å². The Hall–Kier alpha value is -0.860. The molecule has 0 amide bonds. The molecule has 0 unspecified atom stereocenters. The second-order valence-electron chi connectivity index (χ2n) is 18.6. The largest absolute Gasteiger partial charge is 0.394 e. The molecule has 0 aromatic rings. The zero-order chi connectivity index (χ0) is 40.4. The number of fused-ring (bicyclic) bond motifs is 5. The molecule has 318 valence electrons. The summed E-state index contributed by atoms with van der Waals surface area (Å²) in [6, 6.07) is 0. The third-order valence-corrected chi connectivity index (χ3v) is 15.2. The van der Waals surface area contributed by atoms with Crippen molar-refractivity contribution in [3.63, 3.8) is 0 Å². The van der Waals surface area contributed by atoms with Crippen LogP contribution in [0.5, 0.6) is 0 Å². The van der Waals surface area contributed by atoms with E-state index >= 15 is 0 Å². The van der Waals surface area contributed by atoms with Crippen LogP contribution in [0.25, 0.3) is 0 Å². The maximum atomic E-state index is 12.6. The fourth-order valence-electron chi connectivity index (χ4n) is 12.2. The molecule has 15 nitrogen and oxygen atoms in total. The topological polar surface area (TPSA) is 248 Å². The van der Waals surface area contributed by atoms with Crippen molar-refractivity contribution in [1.29, 1.82) is 0 Å². The van der Waals surface area contributed by atoms with Gasteiger partial charge in [0.1, 0.15) is 42.7 Å². The normalized spacial score (nSPS) is 51.8. The third-order valence-electron chi connectivity index (χ3n) is 15.2. The molecule has 0 bridgehead atoms. The smallest absolute Gasteiger partial charge is 0.187 e. The summed E-state index contributed by atoms with van der Waals surface area (Å²) in [4.78, 5) is 0. The lowest BCUT2D eigenvalue weighted by Gasteiger charge is -2.65. The first kappa shape index (κ1) is 43.7. The second-order valence-corrected chi connectivity index (χ2v) is 18.6. The van der Waals surface area contributed by atoms with Gasteiger partial charge in [0, 0.05) is 25.4 Å². The molecule has 2 saturated heterocycles. The highest BCUT2D eigenvalue weighted by Crippen LogP contribution is 2.69. The lowest BCUT2D eigenvalue weighted by molar-refractivity contribution is -0.308. The molecular formula is C40H68O15. The van der Waals surface area contributed by atoms with Gasteiger partial charge in [-0.25, -0.2) is 0 Å². The lowest BCUT2D eigenvalue weighted by atomic mass is 9.42. The summed E-state index contributed by atoms with van der Waals surface area (Å²) in [5.41, 5.74) is -2.42. The van der Waals surface area contributed by atoms with Crippen LogP contribution in [-0.2, 0) is 23.7 Å². The van der Waals surface area contributed by atoms with Crippen molar-refractivity contribution in [3.8, 4) is 0 Å². The minimum Gasteiger partial charge on any atom is -0.394 e. The van der Waals surface area contributed by atoms with Crippen molar-refractivity contribution >= 4 is 0 Å². The highest BCUT2D eigenvalue weighted by Gasteiger charge is 2.72. The van der Waals surface area contributed by atoms with Crippen LogP contribution in [0.1, 0.15) is 73.1 Å². The van der Waals surface area contributed by atoms with E-state index in [2.05, 4.69) is 13.8 Å². The van der Waals surface area contributed by atoms with Gasteiger partial charge in [0.05, 0.1) is 49.8 Å². The summed E-state index contributed by atoms with van der Waals surface area (Å²) in [7, 11) is 1.32. The molecule has 0 spiro atoms. The van der Waals surface area contributed by atoms with Gasteiger partial charge in [0.2, 0.25) is 0 Å². The van der Waals surface area contributed by atoms with Crippen molar-refractivity contribution in [2.75, 3.05) is 26.9 Å². The Morgan fingerprint density at radius 1 is 0.836 bits per heavy atom. The van der Waals surface area contributed by atoms with E-state index in [9.17, 15) is 51.1 Å². The van der Waals surface area contributed by atoms with Crippen LogP contribution in [0.3, 0.4) is 0 Å². The summed E-state index contributed by atoms with van der Waals surface area (Å²) in [5.74, 6) is -1.77. The number of aliphatic hydroxyl groups excluding tert-OH is 9. The third kappa shape index (κ3) is 7.61. The van der Waals surface area contributed by atoms with Crippen LogP contribution in [0.2, 0.25) is 0 Å². The molecule has 6 rings (SSSR count). The number of hydrogen-bond donors (Lipinski definition) is 10. The molecule has 0 aromatic heterocycles. The van der Waals surface area contributed by atoms with E-state index in [-0.39, 0.29) is 49.2 Å². The summed E-state index contributed by atoms with van der Waals surface area (Å²) in [6.07, 6.45) is -7.81. The fraction of sp³-hybridized carbons (Fsp3) is 0.950. The molecule has 0 aromatic carbocycles. The highest BCUT2D eigenvalue weighted by atomic mass is 16.8. The first-order valence-electron chi connectivity index (χ1n) is 20.4. The van der Waals surface area contributed by atoms with Gasteiger partial charge in [-0.1, -0.05) is 46.8 Å². The Labute approximate surface area is 324 Å². The Morgan fingerprint density at radius 2 is 1.53 bits per heavy atom. The summed E-state index contributed by atoms with van der Waals surface area (Å²) >= 11 is 0. The van der Waals surface area contributed by atoms with Crippen molar-refractivity contribution in [3.05, 3.63) is 12.2 Å². The number of ether oxygens (including phenoxy) is 5. The molecule has 2 aliphatic heterocycles. The SMILES string of the molecule is CO[C@H]1[C@H](O[C@H]2[C@H](OC[C@H](/C=C/[C@@H](C)[C@H]3[C@@H](O)[C@@H](O)[C@@H]4[C@]3(C)CC[C@@H]3[C@@]5(C)CC[C@H](O)C[C@@H]5[C@@H](O)C[C@]34O)C(C)C)O[C@@H]([C@H](O)CO)[C@@H]2O)OC[C@@H](O)[C@@H]1O. The molecule has 22 atom stereocenters. The maximum absolute atomic E-state index is 12.6. The standard InChI is InChI=1S/C40H68O15/c1-18(2)20(16-52-37-34(31(49)32(54-37)24(44)15-41)55-36-33(51-6)28(46)25(45)17-53-36)8-7-19(3)27-29(47)30(48)35-39(27,5)12-10-26-38(4)11-9-21(42)13-22(38)23(43)14-40(26,35)50/h7-8,18-37,41-50H,9-17H2,1-6H3/b8-7+/t19-,20+,21+,22-,23+,24-,25-,26-,27+,28+,29-,30-,31+,32+,33-,34-,35-,36+,37-,38+,39-,40+/m1/s1. The van der Waals surface area contributed by atoms with E-state index in [0.29, 0.717) is 32.1 Å². The molecule has 2 heterocycles. The van der Waals surface area contributed by atoms with Gasteiger partial charge in [-0.2, -0.15) is 0 Å². The molecule has 0 radical (unpaired) electrons. The van der Waals surface area contributed by atoms with Gasteiger partial charge in [0.15, 0.2) is 12.6 Å². The first-order valence-corrected chi connectivity index (χ1v) is 20.4. The van der Waals surface area contributed by atoms with E-state index in [1.165, 1.54) is 7.11 Å². The van der Waals surface area contributed by atoms with Crippen molar-refractivity contribution in [2.24, 2.45) is 52.3 Å². The predicted octanol–water partition coefficient (Wildman–Crippen LogP) is -0.568. The van der Waals surface area contributed by atoms with Crippen LogP contribution in [-0.4, -0.2) is 163 Å². The summed E-state index contributed by atoms with van der Waals surface area (Å²) < 4.78 is 29.0. The maximum Gasteiger partial charge on any atom is 0.187 e. The number of rotatable bonds is 12. The van der Waals surface area contributed by atoms with Crippen LogP contribution in [0.4, 0.5) is 0 Å². The Kier molecular flexibility index (Phi) is 13.2. The molecular weight excluding hydrogens is 720 g/mol. The van der Waals surface area contributed by atoms with E-state index in [1.54, 1.807) is 0 Å². The minimum absolute atomic E-state index is 0.0502. The zero-order valence-electron chi connectivity index (χ0n) is 33.1. The predicted molar refractivity (Wildman–Crippen MR) is 195 cm³/mol. The van der Waals surface area contributed by atoms with Crippen molar-refractivity contribution in [1.82, 2.24) is 0 Å². The van der Waals surface area contributed by atoms with Gasteiger partial charge in [-0.05, 0) is 72.5 Å². The monoisotopic (exact) mass is 788 g/mol. The van der Waals surface area contributed by atoms with Crippen LogP contribution >= 0.6 is 0 Å². The molecule has 55 heavy (non-hydrogen) atoms. The average molecular weight is 789 g/mol. The fourth-order valence-corrected chi connectivity index (χ4v) is 12.2. The average Bonchev–Trinajstić information content (AvgIpc) is 3.54. The molecule has 4 aliphatic carbocycles.